The van der Waals surface area contributed by atoms with E-state index in [9.17, 15) is 0 Å². The quantitative estimate of drug-likeness (QED) is 0.784. The van der Waals surface area contributed by atoms with Crippen LogP contribution in [0.5, 0.6) is 0 Å². The van der Waals surface area contributed by atoms with Gasteiger partial charge >= 0.3 is 0 Å². The Morgan fingerprint density at radius 2 is 2.20 bits per heavy atom. The fraction of sp³-hybridized carbons (Fsp3) is 0.364. The van der Waals surface area contributed by atoms with Gasteiger partial charge in [0.25, 0.3) is 0 Å². The molecule has 3 nitrogen and oxygen atoms in total. The first kappa shape index (κ1) is 12.0. The van der Waals surface area contributed by atoms with Gasteiger partial charge in [-0.15, -0.1) is 0 Å². The molecule has 0 saturated carbocycles. The Morgan fingerprint density at radius 1 is 1.53 bits per heavy atom. The molecule has 0 amide bonds. The highest BCUT2D eigenvalue weighted by atomic mass is 35.5. The fourth-order valence-corrected chi connectivity index (χ4v) is 1.08. The van der Waals surface area contributed by atoms with Crippen LogP contribution in [0.4, 0.5) is 0 Å². The van der Waals surface area contributed by atoms with Crippen molar-refractivity contribution >= 4 is 22.6 Å². The number of imidazole rings is 1. The summed E-state index contributed by atoms with van der Waals surface area (Å²) in [5.41, 5.74) is 7.22. The lowest BCUT2D eigenvalue weighted by atomic mass is 10.3. The van der Waals surface area contributed by atoms with Crippen LogP contribution in [0.1, 0.15) is 20.3 Å². The molecule has 0 aliphatic carbocycles. The van der Waals surface area contributed by atoms with Crippen LogP contribution in [-0.2, 0) is 0 Å². The number of halogens is 1. The zero-order valence-corrected chi connectivity index (χ0v) is 9.75. The first-order valence-electron chi connectivity index (χ1n) is 4.97. The van der Waals surface area contributed by atoms with Crippen molar-refractivity contribution < 1.29 is 0 Å². The maximum Gasteiger partial charge on any atom is 0.0931 e. The molecular formula is C11H16ClN3. The number of nitrogens with one attached hydrogen (secondary N) is 1. The second-order valence-electron chi connectivity index (χ2n) is 3.45. The van der Waals surface area contributed by atoms with Gasteiger partial charge in [-0.2, -0.15) is 0 Å². The first-order valence-corrected chi connectivity index (χ1v) is 5.35. The highest BCUT2D eigenvalue weighted by Crippen LogP contribution is 2.14. The van der Waals surface area contributed by atoms with E-state index in [1.807, 2.05) is 25.1 Å². The number of H-pyrrole nitrogens is 1. The van der Waals surface area contributed by atoms with Crippen LogP contribution in [0.15, 0.2) is 24.5 Å². The molecule has 0 aliphatic heterocycles. The van der Waals surface area contributed by atoms with Crippen molar-refractivity contribution in [3.05, 3.63) is 29.5 Å². The van der Waals surface area contributed by atoms with Crippen LogP contribution in [-0.4, -0.2) is 16.0 Å². The van der Waals surface area contributed by atoms with Crippen molar-refractivity contribution in [1.29, 1.82) is 0 Å². The number of hydrogen-bond acceptors (Lipinski definition) is 2. The topological polar surface area (TPSA) is 54.7 Å². The number of nitrogens with two attached hydrogens (primary N) is 1. The van der Waals surface area contributed by atoms with Gasteiger partial charge in [-0.1, -0.05) is 18.5 Å². The van der Waals surface area contributed by atoms with Gasteiger partial charge in [0.2, 0.25) is 0 Å². The van der Waals surface area contributed by atoms with Crippen molar-refractivity contribution in [3.63, 3.8) is 0 Å². The van der Waals surface area contributed by atoms with E-state index in [2.05, 4.69) is 16.9 Å². The van der Waals surface area contributed by atoms with E-state index in [1.165, 1.54) is 0 Å². The maximum atomic E-state index is 5.73. The third-order valence-electron chi connectivity index (χ3n) is 2.03. The molecule has 1 aromatic carbocycles. The second kappa shape index (κ2) is 5.73. The molecule has 0 aliphatic rings. The van der Waals surface area contributed by atoms with Crippen molar-refractivity contribution in [3.8, 4) is 0 Å². The van der Waals surface area contributed by atoms with Crippen LogP contribution >= 0.6 is 11.6 Å². The number of aromatic nitrogens is 2. The van der Waals surface area contributed by atoms with E-state index >= 15 is 0 Å². The summed E-state index contributed by atoms with van der Waals surface area (Å²) in [6, 6.07) is 5.94. The zero-order valence-electron chi connectivity index (χ0n) is 9.00. The zero-order chi connectivity index (χ0) is 11.3. The van der Waals surface area contributed by atoms with Gasteiger partial charge in [-0.05, 0) is 31.5 Å². The van der Waals surface area contributed by atoms with Crippen molar-refractivity contribution in [1.82, 2.24) is 9.97 Å². The predicted molar refractivity (Wildman–Crippen MR) is 65.0 cm³/mol. The van der Waals surface area contributed by atoms with Gasteiger partial charge in [0.1, 0.15) is 0 Å². The summed E-state index contributed by atoms with van der Waals surface area (Å²) in [6.07, 6.45) is 2.74. The van der Waals surface area contributed by atoms with E-state index in [4.69, 9.17) is 17.3 Å². The van der Waals surface area contributed by atoms with Gasteiger partial charge in [0, 0.05) is 11.1 Å². The molecule has 0 saturated heterocycles. The molecule has 1 unspecified atom stereocenters. The minimum absolute atomic E-state index is 0.384. The number of hydrogen-bond donors (Lipinski definition) is 2. The maximum absolute atomic E-state index is 5.73. The van der Waals surface area contributed by atoms with E-state index < -0.39 is 0 Å². The lowest BCUT2D eigenvalue weighted by Gasteiger charge is -1.91. The number of aromatic amines is 1. The van der Waals surface area contributed by atoms with Crippen molar-refractivity contribution in [2.24, 2.45) is 5.73 Å². The summed E-state index contributed by atoms with van der Waals surface area (Å²) in [6.45, 7) is 4.07. The predicted octanol–water partition coefficient (Wildman–Crippen LogP) is 2.96. The van der Waals surface area contributed by atoms with Gasteiger partial charge < -0.3 is 10.7 Å². The molecule has 0 bridgehead atoms. The summed E-state index contributed by atoms with van der Waals surface area (Å²) >= 11 is 5.73. The Morgan fingerprint density at radius 3 is 2.80 bits per heavy atom. The van der Waals surface area contributed by atoms with Crippen molar-refractivity contribution in [2.45, 2.75) is 26.3 Å². The molecule has 15 heavy (non-hydrogen) atoms. The summed E-state index contributed by atoms with van der Waals surface area (Å²) in [5, 5.41) is 0.733. The Hall–Kier alpha value is -1.06. The van der Waals surface area contributed by atoms with Gasteiger partial charge in [-0.25, -0.2) is 4.98 Å². The number of benzene rings is 1. The molecule has 0 fully saturated rings. The monoisotopic (exact) mass is 225 g/mol. The Balaban J connectivity index is 0.000000195. The molecule has 2 rings (SSSR count). The molecule has 1 heterocycles. The Bertz CT molecular complexity index is 409. The summed E-state index contributed by atoms with van der Waals surface area (Å²) in [4.78, 5) is 7.01. The molecule has 4 heteroatoms. The minimum atomic E-state index is 0.384. The fourth-order valence-electron chi connectivity index (χ4n) is 0.908. The summed E-state index contributed by atoms with van der Waals surface area (Å²) in [5.74, 6) is 0. The number of rotatable bonds is 1. The molecule has 1 atom stereocenters. The standard InChI is InChI=1S/C7H5ClN2.C4H11N/c8-5-1-2-6-7(3-5)10-4-9-6;1-3-4(2)5/h1-4H,(H,9,10);4H,3,5H2,1-2H3. The average Bonchev–Trinajstić information content (AvgIpc) is 2.65. The average molecular weight is 226 g/mol. The van der Waals surface area contributed by atoms with Crippen molar-refractivity contribution in [2.75, 3.05) is 0 Å². The highest BCUT2D eigenvalue weighted by molar-refractivity contribution is 6.31. The number of fused-ring (bicyclic) bond motifs is 1. The summed E-state index contributed by atoms with van der Waals surface area (Å²) in [7, 11) is 0. The van der Waals surface area contributed by atoms with Crippen LogP contribution in [0, 0.1) is 0 Å². The minimum Gasteiger partial charge on any atom is -0.345 e. The van der Waals surface area contributed by atoms with Crippen LogP contribution in [0.3, 0.4) is 0 Å². The van der Waals surface area contributed by atoms with Gasteiger partial charge in [0.05, 0.1) is 17.4 Å². The largest absolute Gasteiger partial charge is 0.345 e. The summed E-state index contributed by atoms with van der Waals surface area (Å²) < 4.78 is 0. The molecule has 1 aromatic heterocycles. The van der Waals surface area contributed by atoms with Crippen LogP contribution in [0.2, 0.25) is 5.02 Å². The molecule has 0 radical (unpaired) electrons. The molecule has 3 N–H and O–H groups in total. The van der Waals surface area contributed by atoms with Crippen LogP contribution < -0.4 is 5.73 Å². The molecule has 2 aromatic rings. The smallest absolute Gasteiger partial charge is 0.0931 e. The van der Waals surface area contributed by atoms with E-state index in [0.717, 1.165) is 22.5 Å². The van der Waals surface area contributed by atoms with E-state index in [0.29, 0.717) is 6.04 Å². The van der Waals surface area contributed by atoms with Gasteiger partial charge in [-0.3, -0.25) is 0 Å². The normalized spacial score (nSPS) is 12.0. The van der Waals surface area contributed by atoms with E-state index in [1.54, 1.807) is 6.33 Å². The van der Waals surface area contributed by atoms with Gasteiger partial charge in [0.15, 0.2) is 0 Å². The van der Waals surface area contributed by atoms with E-state index in [-0.39, 0.29) is 0 Å². The number of nitrogens with zero attached hydrogens (tertiary/aromatic N) is 1. The molecule has 0 spiro atoms. The Kier molecular flexibility index (Phi) is 4.59. The SMILES string of the molecule is CCC(C)N.Clc1ccc2nc[nH]c2c1. The van der Waals surface area contributed by atoms with Crippen LogP contribution in [0.25, 0.3) is 11.0 Å². The molecule has 82 valence electrons. The first-order chi connectivity index (χ1) is 7.13. The highest BCUT2D eigenvalue weighted by Gasteiger charge is 1.93. The second-order valence-corrected chi connectivity index (χ2v) is 3.89. The molecular weight excluding hydrogens is 210 g/mol. The third kappa shape index (κ3) is 3.90. The lowest BCUT2D eigenvalue weighted by molar-refractivity contribution is 0.715. The lowest BCUT2D eigenvalue weighted by Crippen LogP contribution is -2.11. The third-order valence-corrected chi connectivity index (χ3v) is 2.26. The Labute approximate surface area is 94.7 Å².